The van der Waals surface area contributed by atoms with Crippen LogP contribution in [0.25, 0.3) is 28.3 Å². The Bertz CT molecular complexity index is 1120. The predicted molar refractivity (Wildman–Crippen MR) is 78.6 cm³/mol. The predicted octanol–water partition coefficient (Wildman–Crippen LogP) is 1.21. The molecule has 2 heteroatoms. The van der Waals surface area contributed by atoms with Crippen LogP contribution in [0.2, 0.25) is 0 Å². The number of nitrogens with zero attached hydrogens (tertiary/aromatic N) is 1. The fourth-order valence-corrected chi connectivity index (χ4v) is 3.20. The van der Waals surface area contributed by atoms with Gasteiger partial charge in [0.1, 0.15) is 11.0 Å². The van der Waals surface area contributed by atoms with Gasteiger partial charge in [0.25, 0.3) is 0 Å². The second-order valence-electron chi connectivity index (χ2n) is 5.20. The molecule has 0 spiro atoms. The van der Waals surface area contributed by atoms with Crippen LogP contribution in [0.4, 0.5) is 0 Å². The molecule has 0 bridgehead atoms. The summed E-state index contributed by atoms with van der Waals surface area (Å²) in [5.41, 5.74) is 4.31. The summed E-state index contributed by atoms with van der Waals surface area (Å²) in [6.07, 6.45) is 3.06. The minimum atomic E-state index is 0.892. The first-order valence-corrected chi connectivity index (χ1v) is 6.81. The van der Waals surface area contributed by atoms with Gasteiger partial charge in [-0.2, -0.15) is 0 Å². The van der Waals surface area contributed by atoms with E-state index in [2.05, 4.69) is 36.4 Å². The SMILES string of the molecule is C1=c2oc3ccccc3c2=C2N=c3ccccc3=C2C1. The zero-order valence-corrected chi connectivity index (χ0v) is 10.8. The molecule has 20 heavy (non-hydrogen) atoms. The molecule has 2 aromatic carbocycles. The first-order chi connectivity index (χ1) is 9.92. The summed E-state index contributed by atoms with van der Waals surface area (Å²) in [5, 5.41) is 4.64. The van der Waals surface area contributed by atoms with E-state index in [1.807, 2.05) is 18.2 Å². The first kappa shape index (κ1) is 10.2. The number of para-hydroxylation sites is 2. The van der Waals surface area contributed by atoms with Gasteiger partial charge < -0.3 is 4.42 Å². The number of benzene rings is 2. The highest BCUT2D eigenvalue weighted by Gasteiger charge is 2.19. The lowest BCUT2D eigenvalue weighted by Crippen LogP contribution is -2.27. The van der Waals surface area contributed by atoms with Crippen LogP contribution >= 0.6 is 0 Å². The summed E-state index contributed by atoms with van der Waals surface area (Å²) in [6, 6.07) is 16.5. The molecule has 0 radical (unpaired) electrons. The van der Waals surface area contributed by atoms with Crippen LogP contribution < -0.4 is 21.2 Å². The van der Waals surface area contributed by atoms with Gasteiger partial charge in [-0.25, -0.2) is 4.99 Å². The molecule has 0 N–H and O–H groups in total. The zero-order valence-electron chi connectivity index (χ0n) is 10.8. The molecule has 0 saturated carbocycles. The average Bonchev–Trinajstić information content (AvgIpc) is 3.04. The number of hydrogen-bond donors (Lipinski definition) is 0. The van der Waals surface area contributed by atoms with E-state index in [0.717, 1.165) is 39.1 Å². The fraction of sp³-hybridized carbons (Fsp3) is 0.0556. The molecule has 1 aromatic heterocycles. The van der Waals surface area contributed by atoms with Crippen LogP contribution in [0.15, 0.2) is 57.9 Å². The number of fused-ring (bicyclic) bond motifs is 5. The lowest BCUT2D eigenvalue weighted by Gasteiger charge is -2.04. The lowest BCUT2D eigenvalue weighted by molar-refractivity contribution is 0.573. The monoisotopic (exact) mass is 257 g/mol. The highest BCUT2D eigenvalue weighted by atomic mass is 16.3. The largest absolute Gasteiger partial charge is 0.456 e. The van der Waals surface area contributed by atoms with Gasteiger partial charge in [-0.15, -0.1) is 0 Å². The molecule has 2 aliphatic rings. The maximum atomic E-state index is 5.95. The van der Waals surface area contributed by atoms with Crippen molar-refractivity contribution in [3.05, 3.63) is 69.7 Å². The molecule has 94 valence electrons. The molecule has 0 saturated heterocycles. The molecule has 2 heterocycles. The summed E-state index contributed by atoms with van der Waals surface area (Å²) in [6.45, 7) is 0. The lowest BCUT2D eigenvalue weighted by atomic mass is 10.0. The van der Waals surface area contributed by atoms with Gasteiger partial charge in [0.05, 0.1) is 16.3 Å². The van der Waals surface area contributed by atoms with E-state index in [4.69, 9.17) is 9.41 Å². The molecular formula is C18H11NO. The Kier molecular flexibility index (Phi) is 1.78. The second kappa shape index (κ2) is 3.48. The quantitative estimate of drug-likeness (QED) is 0.594. The van der Waals surface area contributed by atoms with Crippen LogP contribution in [0.5, 0.6) is 0 Å². The van der Waals surface area contributed by atoms with Crippen LogP contribution in [-0.2, 0) is 0 Å². The van der Waals surface area contributed by atoms with Crippen molar-refractivity contribution >= 4 is 28.3 Å². The van der Waals surface area contributed by atoms with Crippen molar-refractivity contribution in [2.75, 3.05) is 0 Å². The maximum Gasteiger partial charge on any atom is 0.135 e. The van der Waals surface area contributed by atoms with Gasteiger partial charge >= 0.3 is 0 Å². The van der Waals surface area contributed by atoms with Gasteiger partial charge in [0.15, 0.2) is 0 Å². The van der Waals surface area contributed by atoms with E-state index in [-0.39, 0.29) is 0 Å². The standard InChI is InChI=1S/C18H11NO/c1-3-7-14-11(5-1)12-9-10-16-17(18(12)19-14)13-6-2-4-8-15(13)20-16/h1-8,10H,9H2. The normalized spacial score (nSPS) is 15.4. The minimum Gasteiger partial charge on any atom is -0.456 e. The van der Waals surface area contributed by atoms with E-state index in [1.165, 1.54) is 10.8 Å². The zero-order chi connectivity index (χ0) is 13.1. The molecule has 5 rings (SSSR count). The van der Waals surface area contributed by atoms with Crippen LogP contribution in [0.3, 0.4) is 0 Å². The number of rotatable bonds is 0. The molecule has 1 aliphatic heterocycles. The highest BCUT2D eigenvalue weighted by molar-refractivity contribution is 5.97. The third-order valence-electron chi connectivity index (χ3n) is 4.10. The molecule has 0 atom stereocenters. The Morgan fingerprint density at radius 3 is 2.80 bits per heavy atom. The van der Waals surface area contributed by atoms with Gasteiger partial charge in [-0.1, -0.05) is 36.4 Å². The van der Waals surface area contributed by atoms with Crippen molar-refractivity contribution in [1.82, 2.24) is 0 Å². The average molecular weight is 257 g/mol. The van der Waals surface area contributed by atoms with E-state index in [1.54, 1.807) is 0 Å². The van der Waals surface area contributed by atoms with Crippen molar-refractivity contribution in [2.45, 2.75) is 6.42 Å². The van der Waals surface area contributed by atoms with Crippen LogP contribution in [0.1, 0.15) is 6.42 Å². The molecule has 0 amide bonds. The van der Waals surface area contributed by atoms with E-state index in [9.17, 15) is 0 Å². The van der Waals surface area contributed by atoms with Crippen LogP contribution in [-0.4, -0.2) is 0 Å². The van der Waals surface area contributed by atoms with Gasteiger partial charge in [0, 0.05) is 10.6 Å². The number of furan rings is 1. The topological polar surface area (TPSA) is 25.5 Å². The van der Waals surface area contributed by atoms with Crippen molar-refractivity contribution in [2.24, 2.45) is 4.99 Å². The Balaban J connectivity index is 2.10. The maximum absolute atomic E-state index is 5.95. The van der Waals surface area contributed by atoms with Crippen LogP contribution in [0, 0.1) is 0 Å². The van der Waals surface area contributed by atoms with Crippen molar-refractivity contribution in [1.29, 1.82) is 0 Å². The molecule has 1 aliphatic carbocycles. The highest BCUT2D eigenvalue weighted by Crippen LogP contribution is 2.22. The first-order valence-electron chi connectivity index (χ1n) is 6.81. The smallest absolute Gasteiger partial charge is 0.135 e. The fourth-order valence-electron chi connectivity index (χ4n) is 3.20. The van der Waals surface area contributed by atoms with E-state index >= 15 is 0 Å². The molecule has 0 fully saturated rings. The van der Waals surface area contributed by atoms with E-state index in [0.29, 0.717) is 0 Å². The Morgan fingerprint density at radius 1 is 0.950 bits per heavy atom. The summed E-state index contributed by atoms with van der Waals surface area (Å²) in [5.74, 6) is 0. The van der Waals surface area contributed by atoms with Gasteiger partial charge in [-0.3, -0.25) is 0 Å². The van der Waals surface area contributed by atoms with Crippen molar-refractivity contribution in [3.63, 3.8) is 0 Å². The summed E-state index contributed by atoms with van der Waals surface area (Å²) < 4.78 is 5.95. The Labute approximate surface area is 114 Å². The Morgan fingerprint density at radius 2 is 1.80 bits per heavy atom. The third kappa shape index (κ3) is 1.16. The third-order valence-corrected chi connectivity index (χ3v) is 4.10. The summed E-state index contributed by atoms with van der Waals surface area (Å²) >= 11 is 0. The van der Waals surface area contributed by atoms with Crippen molar-refractivity contribution in [3.8, 4) is 0 Å². The van der Waals surface area contributed by atoms with Gasteiger partial charge in [-0.05, 0) is 30.2 Å². The summed E-state index contributed by atoms with van der Waals surface area (Å²) in [7, 11) is 0. The molecular weight excluding hydrogens is 246 g/mol. The second-order valence-corrected chi connectivity index (χ2v) is 5.20. The molecule has 0 unspecified atom stereocenters. The Hall–Kier alpha value is -2.61. The van der Waals surface area contributed by atoms with Crippen molar-refractivity contribution < 1.29 is 4.42 Å². The molecule has 3 aromatic rings. The summed E-state index contributed by atoms with van der Waals surface area (Å²) in [4.78, 5) is 4.84. The van der Waals surface area contributed by atoms with E-state index < -0.39 is 0 Å². The molecule has 2 nitrogen and oxygen atoms in total. The minimum absolute atomic E-state index is 0.892. The number of hydrogen-bond acceptors (Lipinski definition) is 2. The van der Waals surface area contributed by atoms with Gasteiger partial charge in [0.2, 0.25) is 0 Å².